The summed E-state index contributed by atoms with van der Waals surface area (Å²) in [7, 11) is 0. The van der Waals surface area contributed by atoms with Gasteiger partial charge in [-0.05, 0) is 37.2 Å². The van der Waals surface area contributed by atoms with Gasteiger partial charge in [-0.3, -0.25) is 9.59 Å². The molecule has 3 unspecified atom stereocenters. The van der Waals surface area contributed by atoms with Gasteiger partial charge in [-0.25, -0.2) is 0 Å². The molecule has 3 atom stereocenters. The van der Waals surface area contributed by atoms with Crippen LogP contribution in [-0.4, -0.2) is 17.0 Å². The number of hydrogen-bond donors (Lipinski definition) is 2. The van der Waals surface area contributed by atoms with Crippen molar-refractivity contribution >= 4 is 11.9 Å². The van der Waals surface area contributed by atoms with Gasteiger partial charge in [0.25, 0.3) is 0 Å². The Balaban J connectivity index is 1.70. The van der Waals surface area contributed by atoms with E-state index in [0.29, 0.717) is 18.8 Å². The molecule has 2 aliphatic carbocycles. The summed E-state index contributed by atoms with van der Waals surface area (Å²) < 4.78 is 0. The van der Waals surface area contributed by atoms with Crippen LogP contribution in [0.2, 0.25) is 0 Å². The van der Waals surface area contributed by atoms with Crippen molar-refractivity contribution in [2.45, 2.75) is 38.1 Å². The maximum absolute atomic E-state index is 12.4. The molecule has 4 nitrogen and oxygen atoms in total. The van der Waals surface area contributed by atoms with Crippen LogP contribution in [0.15, 0.2) is 30.3 Å². The molecule has 112 valence electrons. The highest BCUT2D eigenvalue weighted by atomic mass is 16.4. The van der Waals surface area contributed by atoms with E-state index < -0.39 is 11.9 Å². The fourth-order valence-corrected chi connectivity index (χ4v) is 3.28. The number of rotatable bonds is 5. The molecule has 3 rings (SSSR count). The summed E-state index contributed by atoms with van der Waals surface area (Å²) in [6, 6.07) is 10.0. The van der Waals surface area contributed by atoms with Gasteiger partial charge in [0.05, 0.1) is 17.9 Å². The lowest BCUT2D eigenvalue weighted by Crippen LogP contribution is -2.46. The summed E-state index contributed by atoms with van der Waals surface area (Å²) in [5, 5.41) is 12.2. The second kappa shape index (κ2) is 5.88. The molecule has 21 heavy (non-hydrogen) atoms. The Bertz CT molecular complexity index is 524. The van der Waals surface area contributed by atoms with Crippen LogP contribution in [0.3, 0.4) is 0 Å². The summed E-state index contributed by atoms with van der Waals surface area (Å²) in [6.07, 6.45) is 4.78. The minimum atomic E-state index is -0.846. The van der Waals surface area contributed by atoms with Crippen LogP contribution in [0.25, 0.3) is 0 Å². The summed E-state index contributed by atoms with van der Waals surface area (Å²) in [5.74, 6) is -1.30. The van der Waals surface area contributed by atoms with Crippen LogP contribution in [0.5, 0.6) is 0 Å². The van der Waals surface area contributed by atoms with Gasteiger partial charge >= 0.3 is 5.97 Å². The lowest BCUT2D eigenvalue weighted by atomic mass is 9.72. The number of carbonyl (C=O) groups excluding carboxylic acids is 1. The van der Waals surface area contributed by atoms with Gasteiger partial charge in [0.1, 0.15) is 0 Å². The van der Waals surface area contributed by atoms with Crippen molar-refractivity contribution in [3.8, 4) is 0 Å². The highest BCUT2D eigenvalue weighted by molar-refractivity contribution is 5.86. The third-order valence-corrected chi connectivity index (χ3v) is 5.01. The highest BCUT2D eigenvalue weighted by Gasteiger charge is 2.42. The smallest absolute Gasteiger partial charge is 0.307 e. The van der Waals surface area contributed by atoms with Crippen LogP contribution >= 0.6 is 0 Å². The maximum Gasteiger partial charge on any atom is 0.307 e. The van der Waals surface area contributed by atoms with Crippen LogP contribution in [0.1, 0.15) is 43.7 Å². The van der Waals surface area contributed by atoms with Gasteiger partial charge in [0.15, 0.2) is 0 Å². The Kier molecular flexibility index (Phi) is 3.95. The van der Waals surface area contributed by atoms with Crippen LogP contribution in [0.4, 0.5) is 0 Å². The first-order chi connectivity index (χ1) is 10.2. The summed E-state index contributed by atoms with van der Waals surface area (Å²) in [4.78, 5) is 23.5. The highest BCUT2D eigenvalue weighted by Crippen LogP contribution is 2.39. The molecule has 0 heterocycles. The average molecular weight is 287 g/mol. The Morgan fingerprint density at radius 2 is 1.71 bits per heavy atom. The SMILES string of the molecule is O=C(O)C1CCC1C(=O)NC(c1ccccc1)C1CCC1. The number of benzene rings is 1. The molecule has 0 aromatic heterocycles. The Labute approximate surface area is 124 Å². The van der Waals surface area contributed by atoms with E-state index in [1.807, 2.05) is 30.3 Å². The summed E-state index contributed by atoms with van der Waals surface area (Å²) >= 11 is 0. The first-order valence-corrected chi connectivity index (χ1v) is 7.75. The van der Waals surface area contributed by atoms with Crippen molar-refractivity contribution in [1.82, 2.24) is 5.32 Å². The summed E-state index contributed by atoms with van der Waals surface area (Å²) in [6.45, 7) is 0. The zero-order chi connectivity index (χ0) is 14.8. The number of aliphatic carboxylic acids is 1. The van der Waals surface area contributed by atoms with Crippen molar-refractivity contribution in [3.63, 3.8) is 0 Å². The van der Waals surface area contributed by atoms with Crippen molar-refractivity contribution < 1.29 is 14.7 Å². The van der Waals surface area contributed by atoms with Crippen molar-refractivity contribution in [3.05, 3.63) is 35.9 Å². The number of carbonyl (C=O) groups is 2. The number of carboxylic acid groups (broad SMARTS) is 1. The molecule has 0 radical (unpaired) electrons. The molecule has 0 saturated heterocycles. The molecular weight excluding hydrogens is 266 g/mol. The van der Waals surface area contributed by atoms with Gasteiger partial charge in [-0.2, -0.15) is 0 Å². The first-order valence-electron chi connectivity index (χ1n) is 7.75. The number of hydrogen-bond acceptors (Lipinski definition) is 2. The molecule has 1 aromatic rings. The molecule has 2 aliphatic rings. The lowest BCUT2D eigenvalue weighted by Gasteiger charge is -2.38. The van der Waals surface area contributed by atoms with E-state index in [1.54, 1.807) is 0 Å². The van der Waals surface area contributed by atoms with Gasteiger partial charge in [0.2, 0.25) is 5.91 Å². The monoisotopic (exact) mass is 287 g/mol. The quantitative estimate of drug-likeness (QED) is 0.875. The predicted octanol–water partition coefficient (Wildman–Crippen LogP) is 2.75. The number of carboxylic acids is 1. The molecule has 0 spiro atoms. The van der Waals surface area contributed by atoms with Crippen LogP contribution in [-0.2, 0) is 9.59 Å². The Hall–Kier alpha value is -1.84. The third kappa shape index (κ3) is 2.80. The zero-order valence-corrected chi connectivity index (χ0v) is 12.0. The molecule has 1 amide bonds. The summed E-state index contributed by atoms with van der Waals surface area (Å²) in [5.41, 5.74) is 1.13. The third-order valence-electron chi connectivity index (χ3n) is 5.01. The minimum absolute atomic E-state index is 0.0301. The predicted molar refractivity (Wildman–Crippen MR) is 78.5 cm³/mol. The van der Waals surface area contributed by atoms with Crippen LogP contribution in [0, 0.1) is 17.8 Å². The van der Waals surface area contributed by atoms with E-state index in [4.69, 9.17) is 5.11 Å². The molecular formula is C17H21NO3. The van der Waals surface area contributed by atoms with E-state index in [0.717, 1.165) is 18.4 Å². The molecule has 2 fully saturated rings. The molecule has 2 saturated carbocycles. The topological polar surface area (TPSA) is 66.4 Å². The fraction of sp³-hybridized carbons (Fsp3) is 0.529. The van der Waals surface area contributed by atoms with E-state index >= 15 is 0 Å². The molecule has 2 N–H and O–H groups in total. The standard InChI is InChI=1S/C17H21NO3/c19-16(13-9-10-14(13)17(20)21)18-15(12-7-4-8-12)11-5-2-1-3-6-11/h1-3,5-6,12-15H,4,7-10H2,(H,18,19)(H,20,21). The Morgan fingerprint density at radius 1 is 1.05 bits per heavy atom. The van der Waals surface area contributed by atoms with Crippen molar-refractivity contribution in [2.24, 2.45) is 17.8 Å². The van der Waals surface area contributed by atoms with Crippen molar-refractivity contribution in [2.75, 3.05) is 0 Å². The maximum atomic E-state index is 12.4. The fourth-order valence-electron chi connectivity index (χ4n) is 3.28. The number of amides is 1. The first kappa shape index (κ1) is 14.1. The second-order valence-corrected chi connectivity index (χ2v) is 6.22. The zero-order valence-electron chi connectivity index (χ0n) is 12.0. The van der Waals surface area contributed by atoms with E-state index in [1.165, 1.54) is 6.42 Å². The van der Waals surface area contributed by atoms with E-state index in [9.17, 15) is 9.59 Å². The van der Waals surface area contributed by atoms with Gasteiger partial charge in [-0.1, -0.05) is 36.8 Å². The van der Waals surface area contributed by atoms with Gasteiger partial charge in [-0.15, -0.1) is 0 Å². The van der Waals surface area contributed by atoms with E-state index in [2.05, 4.69) is 5.32 Å². The molecule has 0 aliphatic heterocycles. The molecule has 4 heteroatoms. The van der Waals surface area contributed by atoms with Gasteiger partial charge < -0.3 is 10.4 Å². The number of nitrogens with one attached hydrogen (secondary N) is 1. The second-order valence-electron chi connectivity index (χ2n) is 6.22. The average Bonchev–Trinajstić information content (AvgIpc) is 2.34. The van der Waals surface area contributed by atoms with Crippen LogP contribution < -0.4 is 5.32 Å². The molecule has 1 aromatic carbocycles. The van der Waals surface area contributed by atoms with Gasteiger partial charge in [0, 0.05) is 0 Å². The Morgan fingerprint density at radius 3 is 2.19 bits per heavy atom. The lowest BCUT2D eigenvalue weighted by molar-refractivity contribution is -0.153. The normalized spacial score (nSPS) is 26.3. The largest absolute Gasteiger partial charge is 0.481 e. The minimum Gasteiger partial charge on any atom is -0.481 e. The van der Waals surface area contributed by atoms with E-state index in [-0.39, 0.29) is 17.9 Å². The molecule has 0 bridgehead atoms. The van der Waals surface area contributed by atoms with Crippen molar-refractivity contribution in [1.29, 1.82) is 0 Å².